The van der Waals surface area contributed by atoms with Gasteiger partial charge in [0.2, 0.25) is 0 Å². The van der Waals surface area contributed by atoms with Crippen molar-refractivity contribution in [3.05, 3.63) is 134 Å². The van der Waals surface area contributed by atoms with Crippen molar-refractivity contribution in [2.45, 2.75) is 6.92 Å². The van der Waals surface area contributed by atoms with Gasteiger partial charge in [0.15, 0.2) is 11.6 Å². The smallest absolute Gasteiger partial charge is 0.189 e. The van der Waals surface area contributed by atoms with Crippen LogP contribution in [0.3, 0.4) is 0 Å². The monoisotopic (exact) mass is 622 g/mol. The number of Topliss-reactive ketones (excluding diaryl/α,β-unsaturated/α-hetero) is 1. The average Bonchev–Trinajstić information content (AvgIpc) is 2.91. The summed E-state index contributed by atoms with van der Waals surface area (Å²) in [6, 6.07) is 28.2. The highest BCUT2D eigenvalue weighted by atomic mass is 79.9. The number of aldehydes is 1. The molecule has 37 heavy (non-hydrogen) atoms. The van der Waals surface area contributed by atoms with E-state index in [1.807, 2.05) is 48.5 Å². The van der Waals surface area contributed by atoms with Gasteiger partial charge in [-0.2, -0.15) is 0 Å². The molecule has 0 amide bonds. The van der Waals surface area contributed by atoms with Gasteiger partial charge < -0.3 is 10.2 Å². The number of carbonyl (C=O) groups is 3. The minimum absolute atomic E-state index is 0.0130. The molecule has 0 bridgehead atoms. The molecule has 0 spiro atoms. The molecule has 0 saturated carbocycles. The van der Waals surface area contributed by atoms with Crippen LogP contribution < -0.4 is 0 Å². The molecule has 0 aliphatic carbocycles. The molecule has 0 heterocycles. The van der Waals surface area contributed by atoms with E-state index in [4.69, 9.17) is 5.11 Å². The fourth-order valence-electron chi connectivity index (χ4n) is 2.85. The lowest BCUT2D eigenvalue weighted by Gasteiger charge is -2.01. The number of hydrogen-bond acceptors (Lipinski definition) is 5. The van der Waals surface area contributed by atoms with Gasteiger partial charge in [-0.25, -0.2) is 0 Å². The van der Waals surface area contributed by atoms with Crippen molar-refractivity contribution in [3.8, 4) is 11.5 Å². The van der Waals surface area contributed by atoms with Crippen molar-refractivity contribution in [1.29, 1.82) is 0 Å². The zero-order valence-electron chi connectivity index (χ0n) is 19.8. The van der Waals surface area contributed by atoms with Crippen molar-refractivity contribution in [2.24, 2.45) is 0 Å². The molecule has 0 unspecified atom stereocenters. The standard InChI is InChI=1S/C15H11BrO2.C8H7BrO2.C7H6O/c16-12-7-9-15(18)13(10-12)14(17)8-6-11-4-2-1-3-5-11;1-5(10)7-4-6(9)2-3-8(7)11;8-6-7-4-2-1-3-5-7/h1-10,18H;2-4,11H,1H3;1-6H/b8-6+;;. The first-order chi connectivity index (χ1) is 17.7. The van der Waals surface area contributed by atoms with Crippen molar-refractivity contribution in [3.63, 3.8) is 0 Å². The lowest BCUT2D eigenvalue weighted by molar-refractivity contribution is 0.101. The van der Waals surface area contributed by atoms with E-state index < -0.39 is 0 Å². The normalized spacial score (nSPS) is 9.92. The number of aromatic hydroxyl groups is 2. The maximum absolute atomic E-state index is 11.9. The average molecular weight is 624 g/mol. The fraction of sp³-hybridized carbons (Fsp3) is 0.0333. The highest BCUT2D eigenvalue weighted by Gasteiger charge is 2.08. The van der Waals surface area contributed by atoms with E-state index in [0.717, 1.165) is 26.4 Å². The van der Waals surface area contributed by atoms with Crippen LogP contribution in [0.15, 0.2) is 112 Å². The van der Waals surface area contributed by atoms with E-state index in [0.29, 0.717) is 5.56 Å². The van der Waals surface area contributed by atoms with Gasteiger partial charge in [-0.05, 0) is 55.0 Å². The van der Waals surface area contributed by atoms with Gasteiger partial charge in [0.05, 0.1) is 11.1 Å². The maximum Gasteiger partial charge on any atom is 0.189 e. The fourth-order valence-corrected chi connectivity index (χ4v) is 3.58. The van der Waals surface area contributed by atoms with Crippen molar-refractivity contribution >= 4 is 55.8 Å². The molecule has 5 nitrogen and oxygen atoms in total. The first-order valence-corrected chi connectivity index (χ1v) is 12.6. The number of phenols is 2. The number of ketones is 2. The van der Waals surface area contributed by atoms with Gasteiger partial charge in [0.25, 0.3) is 0 Å². The summed E-state index contributed by atoms with van der Waals surface area (Å²) in [5, 5.41) is 18.8. The Balaban J connectivity index is 0.000000215. The SMILES string of the molecule is CC(=O)c1cc(Br)ccc1O.O=C(/C=C/c1ccccc1)c1cc(Br)ccc1O.O=Cc1ccccc1. The summed E-state index contributed by atoms with van der Waals surface area (Å²) >= 11 is 6.47. The van der Waals surface area contributed by atoms with Gasteiger partial charge in [0.1, 0.15) is 17.8 Å². The molecule has 7 heteroatoms. The Hall–Kier alpha value is -3.81. The van der Waals surface area contributed by atoms with Gasteiger partial charge in [-0.1, -0.05) is 98.6 Å². The highest BCUT2D eigenvalue weighted by Crippen LogP contribution is 2.23. The van der Waals surface area contributed by atoms with E-state index in [1.165, 1.54) is 25.1 Å². The van der Waals surface area contributed by atoms with Crippen molar-refractivity contribution in [1.82, 2.24) is 0 Å². The zero-order valence-corrected chi connectivity index (χ0v) is 23.0. The summed E-state index contributed by atoms with van der Waals surface area (Å²) in [6.07, 6.45) is 4.01. The number of allylic oxidation sites excluding steroid dienone is 1. The molecule has 0 aliphatic rings. The van der Waals surface area contributed by atoms with Crippen LogP contribution in [0.1, 0.15) is 43.6 Å². The highest BCUT2D eigenvalue weighted by molar-refractivity contribution is 9.10. The molecule has 188 valence electrons. The minimum Gasteiger partial charge on any atom is -0.507 e. The molecule has 0 radical (unpaired) electrons. The van der Waals surface area contributed by atoms with Crippen LogP contribution in [0.25, 0.3) is 6.08 Å². The molecule has 0 aliphatic heterocycles. The zero-order chi connectivity index (χ0) is 27.2. The second-order valence-corrected chi connectivity index (χ2v) is 9.35. The number of halogens is 2. The van der Waals surface area contributed by atoms with Crippen molar-refractivity contribution in [2.75, 3.05) is 0 Å². The topological polar surface area (TPSA) is 91.7 Å². The van der Waals surface area contributed by atoms with Crippen molar-refractivity contribution < 1.29 is 24.6 Å². The Morgan fingerprint density at radius 2 is 1.14 bits per heavy atom. The first kappa shape index (κ1) is 29.4. The van der Waals surface area contributed by atoms with E-state index in [-0.39, 0.29) is 28.6 Å². The Bertz CT molecular complexity index is 1370. The van der Waals surface area contributed by atoms with E-state index in [9.17, 15) is 19.5 Å². The lowest BCUT2D eigenvalue weighted by atomic mass is 10.1. The molecule has 4 rings (SSSR count). The van der Waals surface area contributed by atoms with E-state index >= 15 is 0 Å². The van der Waals surface area contributed by atoms with Crippen LogP contribution in [0.2, 0.25) is 0 Å². The number of carbonyl (C=O) groups excluding carboxylic acids is 3. The van der Waals surface area contributed by atoms with E-state index in [2.05, 4.69) is 31.9 Å². The van der Waals surface area contributed by atoms with E-state index in [1.54, 1.807) is 42.5 Å². The van der Waals surface area contributed by atoms with Gasteiger partial charge in [0, 0.05) is 14.5 Å². The molecule has 0 atom stereocenters. The quantitative estimate of drug-likeness (QED) is 0.134. The van der Waals surface area contributed by atoms with Crippen LogP contribution in [-0.4, -0.2) is 28.1 Å². The number of hydrogen-bond donors (Lipinski definition) is 2. The van der Waals surface area contributed by atoms with Crippen LogP contribution in [0, 0.1) is 0 Å². The minimum atomic E-state index is -0.224. The second kappa shape index (κ2) is 15.3. The number of benzene rings is 4. The van der Waals surface area contributed by atoms with Crippen LogP contribution in [0.5, 0.6) is 11.5 Å². The first-order valence-electron chi connectivity index (χ1n) is 11.0. The third-order valence-electron chi connectivity index (χ3n) is 4.72. The molecule has 0 aromatic heterocycles. The lowest BCUT2D eigenvalue weighted by Crippen LogP contribution is -1.94. The summed E-state index contributed by atoms with van der Waals surface area (Å²) < 4.78 is 1.55. The maximum atomic E-state index is 11.9. The molecular formula is C30H24Br2O5. The van der Waals surface area contributed by atoms with Gasteiger partial charge in [-0.3, -0.25) is 14.4 Å². The molecule has 0 fully saturated rings. The summed E-state index contributed by atoms with van der Waals surface area (Å²) in [5.41, 5.74) is 2.31. The van der Waals surface area contributed by atoms with Crippen LogP contribution in [-0.2, 0) is 0 Å². The summed E-state index contributed by atoms with van der Waals surface area (Å²) in [4.78, 5) is 32.8. The third-order valence-corrected chi connectivity index (χ3v) is 5.71. The number of rotatable bonds is 5. The predicted molar refractivity (Wildman–Crippen MR) is 153 cm³/mol. The third kappa shape index (κ3) is 10.4. The van der Waals surface area contributed by atoms with Crippen LogP contribution >= 0.6 is 31.9 Å². The Morgan fingerprint density at radius 1 is 0.676 bits per heavy atom. The molecule has 2 N–H and O–H groups in total. The Labute approximate surface area is 232 Å². The Morgan fingerprint density at radius 3 is 1.57 bits per heavy atom. The second-order valence-electron chi connectivity index (χ2n) is 7.52. The predicted octanol–water partition coefficient (Wildman–Crippen LogP) is 7.91. The largest absolute Gasteiger partial charge is 0.507 e. The van der Waals surface area contributed by atoms with Gasteiger partial charge >= 0.3 is 0 Å². The van der Waals surface area contributed by atoms with Gasteiger partial charge in [-0.15, -0.1) is 0 Å². The van der Waals surface area contributed by atoms with Crippen LogP contribution in [0.4, 0.5) is 0 Å². The molecule has 4 aromatic rings. The Kier molecular flexibility index (Phi) is 12.2. The summed E-state index contributed by atoms with van der Waals surface area (Å²) in [7, 11) is 0. The molecule has 0 saturated heterocycles. The number of phenolic OH excluding ortho intramolecular Hbond substituents is 2. The molecular weight excluding hydrogens is 600 g/mol. The summed E-state index contributed by atoms with van der Waals surface area (Å²) in [5.74, 6) is -0.344. The molecule has 4 aromatic carbocycles. The summed E-state index contributed by atoms with van der Waals surface area (Å²) in [6.45, 7) is 1.42.